The molecule has 0 saturated carbocycles. The van der Waals surface area contributed by atoms with E-state index in [9.17, 15) is 4.79 Å². The van der Waals surface area contributed by atoms with Crippen molar-refractivity contribution in [3.8, 4) is 0 Å². The van der Waals surface area contributed by atoms with Crippen LogP contribution in [-0.4, -0.2) is 21.3 Å². The molecule has 1 N–H and O–H groups in total. The quantitative estimate of drug-likeness (QED) is 0.865. The SMILES string of the molecule is C[C@@H](CO)n1cnc2c(Cl)cccc2c1=O. The Bertz CT molecular complexity index is 580. The highest BCUT2D eigenvalue weighted by atomic mass is 35.5. The molecule has 0 radical (unpaired) electrons. The fourth-order valence-corrected chi connectivity index (χ4v) is 1.76. The molecule has 0 aliphatic carbocycles. The van der Waals surface area contributed by atoms with Gasteiger partial charge in [0.1, 0.15) is 0 Å². The number of halogens is 1. The fraction of sp³-hybridized carbons (Fsp3) is 0.273. The van der Waals surface area contributed by atoms with E-state index in [1.807, 2.05) is 0 Å². The van der Waals surface area contributed by atoms with Crippen molar-refractivity contribution in [3.05, 3.63) is 39.9 Å². The molecule has 84 valence electrons. The molecule has 5 heteroatoms. The maximum atomic E-state index is 12.0. The second kappa shape index (κ2) is 4.23. The summed E-state index contributed by atoms with van der Waals surface area (Å²) >= 11 is 5.93. The molecular weight excluding hydrogens is 228 g/mol. The van der Waals surface area contributed by atoms with Gasteiger partial charge in [0.2, 0.25) is 0 Å². The summed E-state index contributed by atoms with van der Waals surface area (Å²) in [5, 5.41) is 9.95. The summed E-state index contributed by atoms with van der Waals surface area (Å²) in [6.07, 6.45) is 1.41. The molecule has 0 amide bonds. The first kappa shape index (κ1) is 11.1. The molecule has 0 bridgehead atoms. The highest BCUT2D eigenvalue weighted by Gasteiger charge is 2.10. The van der Waals surface area contributed by atoms with Crippen LogP contribution in [0.25, 0.3) is 10.9 Å². The zero-order valence-electron chi connectivity index (χ0n) is 8.72. The van der Waals surface area contributed by atoms with Gasteiger partial charge in [-0.25, -0.2) is 4.98 Å². The molecule has 4 nitrogen and oxygen atoms in total. The number of fused-ring (bicyclic) bond motifs is 1. The lowest BCUT2D eigenvalue weighted by atomic mass is 10.2. The van der Waals surface area contributed by atoms with Crippen molar-refractivity contribution >= 4 is 22.5 Å². The van der Waals surface area contributed by atoms with E-state index in [-0.39, 0.29) is 18.2 Å². The van der Waals surface area contributed by atoms with Gasteiger partial charge in [-0.05, 0) is 19.1 Å². The summed E-state index contributed by atoms with van der Waals surface area (Å²) in [7, 11) is 0. The Morgan fingerprint density at radius 1 is 1.56 bits per heavy atom. The zero-order chi connectivity index (χ0) is 11.7. The largest absolute Gasteiger partial charge is 0.394 e. The van der Waals surface area contributed by atoms with Crippen LogP contribution in [0, 0.1) is 0 Å². The van der Waals surface area contributed by atoms with Gasteiger partial charge >= 0.3 is 0 Å². The van der Waals surface area contributed by atoms with Gasteiger partial charge < -0.3 is 5.11 Å². The number of aromatic nitrogens is 2. The first-order valence-electron chi connectivity index (χ1n) is 4.91. The third-order valence-corrected chi connectivity index (χ3v) is 2.81. The monoisotopic (exact) mass is 238 g/mol. The van der Waals surface area contributed by atoms with Gasteiger partial charge in [-0.1, -0.05) is 17.7 Å². The molecule has 0 fully saturated rings. The van der Waals surface area contributed by atoms with Crippen molar-refractivity contribution < 1.29 is 5.11 Å². The number of hydrogen-bond acceptors (Lipinski definition) is 3. The fourth-order valence-electron chi connectivity index (χ4n) is 1.53. The van der Waals surface area contributed by atoms with Crippen molar-refractivity contribution in [1.82, 2.24) is 9.55 Å². The van der Waals surface area contributed by atoms with Crippen LogP contribution in [0.2, 0.25) is 5.02 Å². The first-order valence-corrected chi connectivity index (χ1v) is 5.29. The van der Waals surface area contributed by atoms with Gasteiger partial charge in [0.25, 0.3) is 5.56 Å². The minimum Gasteiger partial charge on any atom is -0.394 e. The Kier molecular flexibility index (Phi) is 2.94. The lowest BCUT2D eigenvalue weighted by Gasteiger charge is -2.12. The lowest BCUT2D eigenvalue weighted by Crippen LogP contribution is -2.25. The minimum atomic E-state index is -0.289. The topological polar surface area (TPSA) is 55.1 Å². The van der Waals surface area contributed by atoms with E-state index < -0.39 is 0 Å². The molecule has 0 aliphatic rings. The van der Waals surface area contributed by atoms with Crippen molar-refractivity contribution in [2.24, 2.45) is 0 Å². The average Bonchev–Trinajstić information content (AvgIpc) is 2.30. The molecule has 0 spiro atoms. The van der Waals surface area contributed by atoms with Gasteiger partial charge in [-0.15, -0.1) is 0 Å². The Balaban J connectivity index is 2.76. The van der Waals surface area contributed by atoms with Crippen LogP contribution >= 0.6 is 11.6 Å². The van der Waals surface area contributed by atoms with E-state index in [0.29, 0.717) is 15.9 Å². The molecule has 0 saturated heterocycles. The van der Waals surface area contributed by atoms with Crippen LogP contribution in [0.4, 0.5) is 0 Å². The Hall–Kier alpha value is -1.39. The number of hydrogen-bond donors (Lipinski definition) is 1. The second-order valence-corrected chi connectivity index (χ2v) is 4.03. The Morgan fingerprint density at radius 2 is 2.31 bits per heavy atom. The van der Waals surface area contributed by atoms with Gasteiger partial charge in [0, 0.05) is 0 Å². The molecule has 16 heavy (non-hydrogen) atoms. The van der Waals surface area contributed by atoms with Crippen molar-refractivity contribution in [3.63, 3.8) is 0 Å². The summed E-state index contributed by atoms with van der Waals surface area (Å²) in [6, 6.07) is 4.79. The molecule has 1 aromatic heterocycles. The van der Waals surface area contributed by atoms with Crippen LogP contribution < -0.4 is 5.56 Å². The van der Waals surface area contributed by atoms with Crippen LogP contribution in [0.15, 0.2) is 29.3 Å². The van der Waals surface area contributed by atoms with Crippen molar-refractivity contribution in [2.75, 3.05) is 6.61 Å². The summed E-state index contributed by atoms with van der Waals surface area (Å²) in [5.41, 5.74) is 0.310. The highest BCUT2D eigenvalue weighted by molar-refractivity contribution is 6.34. The van der Waals surface area contributed by atoms with Crippen LogP contribution in [0.3, 0.4) is 0 Å². The second-order valence-electron chi connectivity index (χ2n) is 3.62. The predicted molar refractivity (Wildman–Crippen MR) is 62.8 cm³/mol. The number of nitrogens with zero attached hydrogens (tertiary/aromatic N) is 2. The van der Waals surface area contributed by atoms with E-state index in [0.717, 1.165) is 0 Å². The molecule has 2 rings (SSSR count). The third kappa shape index (κ3) is 1.70. The lowest BCUT2D eigenvalue weighted by molar-refractivity contribution is 0.236. The number of aliphatic hydroxyl groups is 1. The number of rotatable bonds is 2. The summed E-state index contributed by atoms with van der Waals surface area (Å²) in [6.45, 7) is 1.65. The third-order valence-electron chi connectivity index (χ3n) is 2.50. The van der Waals surface area contributed by atoms with E-state index in [2.05, 4.69) is 4.98 Å². The number of aliphatic hydroxyl groups excluding tert-OH is 1. The van der Waals surface area contributed by atoms with Crippen LogP contribution in [0.1, 0.15) is 13.0 Å². The van der Waals surface area contributed by atoms with Gasteiger partial charge in [0.15, 0.2) is 0 Å². The standard InChI is InChI=1S/C11H11ClN2O2/c1-7(5-15)14-6-13-10-8(11(14)16)3-2-4-9(10)12/h2-4,6-7,15H,5H2,1H3/t7-/m0/s1. The number of benzene rings is 1. The maximum Gasteiger partial charge on any atom is 0.261 e. The Morgan fingerprint density at radius 3 is 3.00 bits per heavy atom. The van der Waals surface area contributed by atoms with Crippen molar-refractivity contribution in [1.29, 1.82) is 0 Å². The number of para-hydroxylation sites is 1. The van der Waals surface area contributed by atoms with Crippen LogP contribution in [0.5, 0.6) is 0 Å². The van der Waals surface area contributed by atoms with Gasteiger partial charge in [0.05, 0.1) is 34.9 Å². The van der Waals surface area contributed by atoms with E-state index >= 15 is 0 Å². The summed E-state index contributed by atoms with van der Waals surface area (Å²) in [5.74, 6) is 0. The Labute approximate surface area is 97.1 Å². The molecule has 1 aromatic carbocycles. The summed E-state index contributed by atoms with van der Waals surface area (Å²) < 4.78 is 1.40. The molecular formula is C11H11ClN2O2. The zero-order valence-corrected chi connectivity index (χ0v) is 9.48. The maximum absolute atomic E-state index is 12.0. The summed E-state index contributed by atoms with van der Waals surface area (Å²) in [4.78, 5) is 16.2. The molecule has 1 heterocycles. The highest BCUT2D eigenvalue weighted by Crippen LogP contribution is 2.18. The average molecular weight is 239 g/mol. The van der Waals surface area contributed by atoms with Gasteiger partial charge in [-0.3, -0.25) is 9.36 Å². The van der Waals surface area contributed by atoms with Crippen LogP contribution in [-0.2, 0) is 0 Å². The van der Waals surface area contributed by atoms with E-state index in [1.54, 1.807) is 25.1 Å². The molecule has 2 aromatic rings. The van der Waals surface area contributed by atoms with E-state index in [4.69, 9.17) is 16.7 Å². The molecule has 0 unspecified atom stereocenters. The first-order chi connectivity index (χ1) is 7.65. The van der Waals surface area contributed by atoms with Gasteiger partial charge in [-0.2, -0.15) is 0 Å². The smallest absolute Gasteiger partial charge is 0.261 e. The molecule has 0 aliphatic heterocycles. The normalized spacial score (nSPS) is 12.9. The van der Waals surface area contributed by atoms with E-state index in [1.165, 1.54) is 10.9 Å². The van der Waals surface area contributed by atoms with Crippen molar-refractivity contribution in [2.45, 2.75) is 13.0 Å². The minimum absolute atomic E-state index is 0.104. The predicted octanol–water partition coefficient (Wildman–Crippen LogP) is 1.60. The molecule has 1 atom stereocenters.